The second-order valence-electron chi connectivity index (χ2n) is 2.07. The van der Waals surface area contributed by atoms with Crippen molar-refractivity contribution < 1.29 is 39.5 Å². The third kappa shape index (κ3) is 31.7. The Kier molecular flexibility index (Phi) is 35.6. The first-order valence-corrected chi connectivity index (χ1v) is 12.7. The molecule has 0 radical (unpaired) electrons. The maximum absolute atomic E-state index is 4.89. The molecule has 0 saturated heterocycles. The van der Waals surface area contributed by atoms with Crippen LogP contribution in [-0.2, 0) is 34.1 Å². The van der Waals surface area contributed by atoms with Crippen LogP contribution in [0.3, 0.4) is 0 Å². The molecule has 2 rings (SSSR count). The summed E-state index contributed by atoms with van der Waals surface area (Å²) in [4.78, 5) is 0. The van der Waals surface area contributed by atoms with Gasteiger partial charge in [-0.3, -0.25) is 0 Å². The largest absolute Gasteiger partial charge is 0.214 e. The Morgan fingerprint density at radius 1 is 0.588 bits per heavy atom. The molecule has 0 spiro atoms. The first-order valence-electron chi connectivity index (χ1n) is 4.09. The van der Waals surface area contributed by atoms with Gasteiger partial charge < -0.3 is 5.48 Å². The van der Waals surface area contributed by atoms with E-state index < -0.39 is 34.1 Å². The Morgan fingerprint density at radius 3 is 0.824 bits per heavy atom. The van der Waals surface area contributed by atoms with Crippen LogP contribution in [0.4, 0.5) is 0 Å². The third-order valence-corrected chi connectivity index (χ3v) is 1.11. The molecule has 2 aromatic rings. The molecule has 0 atom stereocenters. The average Bonchev–Trinajstić information content (AvgIpc) is 3.00. The minimum Gasteiger partial charge on any atom is -0.214 e. The van der Waals surface area contributed by atoms with Gasteiger partial charge in [0.25, 0.3) is 0 Å². The Hall–Kier alpha value is 1.25. The van der Waals surface area contributed by atoms with Gasteiger partial charge in [0.2, 0.25) is 0 Å². The molecule has 7 heteroatoms. The molecule has 0 amide bonds. The summed E-state index contributed by atoms with van der Waals surface area (Å²) in [6, 6.07) is 20.0. The quantitative estimate of drug-likeness (QED) is 0.463. The number of halogens is 4. The van der Waals surface area contributed by atoms with Crippen molar-refractivity contribution in [3.8, 4) is 0 Å². The maximum Gasteiger partial charge on any atom is -0.172 e. The molecule has 17 heavy (non-hydrogen) atoms. The zero-order valence-corrected chi connectivity index (χ0v) is 14.9. The third-order valence-electron chi connectivity index (χ3n) is 1.11. The molecule has 2 aromatic carbocycles. The molecule has 1 nitrogen and oxygen atoms in total. The van der Waals surface area contributed by atoms with Crippen molar-refractivity contribution in [2.24, 2.45) is 0 Å². The molecule has 0 fully saturated rings. The zero-order valence-electron chi connectivity index (χ0n) is 8.79. The van der Waals surface area contributed by atoms with E-state index in [0.717, 1.165) is 0 Å². The molecule has 0 aliphatic heterocycles. The van der Waals surface area contributed by atoms with E-state index in [0.29, 0.717) is 0 Å². The fraction of sp³-hybridized carbons (Fsp3) is 0. The molecule has 0 aliphatic rings. The van der Waals surface area contributed by atoms with Crippen LogP contribution in [-0.4, -0.2) is 5.48 Å². The normalized spacial score (nSPS) is 6.35. The smallest absolute Gasteiger partial charge is 0.172 e. The van der Waals surface area contributed by atoms with Crippen LogP contribution in [0.2, 0.25) is 0 Å². The fourth-order valence-electron chi connectivity index (χ4n) is 0.642. The van der Waals surface area contributed by atoms with Crippen molar-refractivity contribution in [3.63, 3.8) is 0 Å². The van der Waals surface area contributed by atoms with Crippen LogP contribution in [0.15, 0.2) is 60.7 Å². The number of hydrogen-bond acceptors (Lipinski definition) is 0. The molecule has 0 unspecified atom stereocenters. The van der Waals surface area contributed by atoms with Gasteiger partial charge in [-0.25, -0.2) is 24.3 Å². The zero-order chi connectivity index (χ0) is 12.5. The summed E-state index contributed by atoms with van der Waals surface area (Å²) >= 11 is -1.11. The van der Waals surface area contributed by atoms with Crippen LogP contribution in [0.1, 0.15) is 0 Å². The average molecular weight is 386 g/mol. The van der Waals surface area contributed by atoms with Crippen molar-refractivity contribution in [2.45, 2.75) is 0 Å². The van der Waals surface area contributed by atoms with Crippen LogP contribution in [0.5, 0.6) is 0 Å². The van der Waals surface area contributed by atoms with Gasteiger partial charge >= 0.3 is 71.3 Å². The first kappa shape index (κ1) is 23.3. The molecule has 96 valence electrons. The van der Waals surface area contributed by atoms with Crippen molar-refractivity contribution >= 4 is 37.2 Å². The molecular weight excluding hydrogens is 374 g/mol. The van der Waals surface area contributed by atoms with E-state index in [4.69, 9.17) is 37.2 Å². The Balaban J connectivity index is -0.000000157. The summed E-state index contributed by atoms with van der Waals surface area (Å²) in [6.07, 6.45) is 0. The summed E-state index contributed by atoms with van der Waals surface area (Å²) < 4.78 is 0. The van der Waals surface area contributed by atoms with Crippen molar-refractivity contribution in [1.82, 2.24) is 0 Å². The predicted octanol–water partition coefficient (Wildman–Crippen LogP) is 4.74. The Labute approximate surface area is 136 Å². The van der Waals surface area contributed by atoms with Crippen molar-refractivity contribution in [3.05, 3.63) is 60.7 Å². The van der Waals surface area contributed by atoms with Gasteiger partial charge in [0.1, 0.15) is 0 Å². The molecule has 0 bridgehead atoms. The summed E-state index contributed by atoms with van der Waals surface area (Å²) in [5.74, 6) is 0. The molecule has 0 aliphatic carbocycles. The van der Waals surface area contributed by atoms with Crippen LogP contribution in [0.25, 0.3) is 0 Å². The van der Waals surface area contributed by atoms with Crippen LogP contribution >= 0.6 is 37.2 Å². The topological polar surface area (TPSA) is 31.5 Å². The molecule has 0 heterocycles. The fourth-order valence-corrected chi connectivity index (χ4v) is 0.642. The van der Waals surface area contributed by atoms with Crippen LogP contribution < -0.4 is 0 Å². The minimum atomic E-state index is -0.556. The van der Waals surface area contributed by atoms with Gasteiger partial charge in [0.15, 0.2) is 0 Å². The van der Waals surface area contributed by atoms with E-state index >= 15 is 0 Å². The SMILES string of the molecule is O.[Cl][Ti][Cl].[Cl][Ti][Cl].c1cc[cH-]c1.c1cc[cH-]c1. The van der Waals surface area contributed by atoms with Gasteiger partial charge in [-0.2, -0.15) is 36.4 Å². The van der Waals surface area contributed by atoms with E-state index in [1.54, 1.807) is 0 Å². The van der Waals surface area contributed by atoms with Gasteiger partial charge in [-0.05, 0) is 0 Å². The Morgan fingerprint density at radius 2 is 0.765 bits per heavy atom. The summed E-state index contributed by atoms with van der Waals surface area (Å²) in [5.41, 5.74) is 0. The van der Waals surface area contributed by atoms with Gasteiger partial charge in [-0.1, -0.05) is 0 Å². The van der Waals surface area contributed by atoms with Gasteiger partial charge in [-0.15, -0.1) is 0 Å². The van der Waals surface area contributed by atoms with Gasteiger partial charge in [0.05, 0.1) is 0 Å². The van der Waals surface area contributed by atoms with Crippen molar-refractivity contribution in [2.75, 3.05) is 0 Å². The molecule has 2 N–H and O–H groups in total. The predicted molar refractivity (Wildman–Crippen MR) is 71.1 cm³/mol. The van der Waals surface area contributed by atoms with Gasteiger partial charge in [0, 0.05) is 0 Å². The first-order chi connectivity index (χ1) is 7.83. The maximum atomic E-state index is 4.89. The summed E-state index contributed by atoms with van der Waals surface area (Å²) in [5, 5.41) is 0. The van der Waals surface area contributed by atoms with Crippen molar-refractivity contribution in [1.29, 1.82) is 0 Å². The summed E-state index contributed by atoms with van der Waals surface area (Å²) in [6.45, 7) is 0. The standard InChI is InChI=1S/2C5H5.4ClH.H2O.2Ti/c2*1-2-4-5-3-1;;;;;;;/h2*1-5H;4*1H;1H2;;/q2*-1;;;;;;2*+2/p-4. The van der Waals surface area contributed by atoms with E-state index in [1.807, 2.05) is 60.7 Å². The van der Waals surface area contributed by atoms with E-state index in [-0.39, 0.29) is 5.48 Å². The summed E-state index contributed by atoms with van der Waals surface area (Å²) in [7, 11) is 19.6. The van der Waals surface area contributed by atoms with Crippen LogP contribution in [0, 0.1) is 0 Å². The molecule has 0 saturated carbocycles. The second kappa shape index (κ2) is 25.9. The second-order valence-corrected chi connectivity index (χ2v) is 7.23. The molecule has 0 aromatic heterocycles. The number of hydrogen-bond donors (Lipinski definition) is 0. The van der Waals surface area contributed by atoms with E-state index in [1.165, 1.54) is 0 Å². The number of rotatable bonds is 0. The van der Waals surface area contributed by atoms with E-state index in [2.05, 4.69) is 0 Å². The van der Waals surface area contributed by atoms with E-state index in [9.17, 15) is 0 Å². The molecular formula is C10H12Cl4OTi2-2. The minimum absolute atomic E-state index is 0. The monoisotopic (exact) mass is 384 g/mol. The Bertz CT molecular complexity index is 188.